The van der Waals surface area contributed by atoms with E-state index in [0.717, 1.165) is 72.7 Å². The summed E-state index contributed by atoms with van der Waals surface area (Å²) in [6, 6.07) is 71.8. The largest absolute Gasteiger partial charge is 0.309 e. The predicted molar refractivity (Wildman–Crippen MR) is 281 cm³/mol. The Balaban J connectivity index is 0.00000259. The molecule has 0 N–H and O–H groups in total. The average molecular weight is 867 g/mol. The number of nitrogens with zero attached hydrogens (tertiary/aromatic N) is 6. The number of hydrogen-bond acceptors (Lipinski definition) is 3. The van der Waals surface area contributed by atoms with Gasteiger partial charge in [0.2, 0.25) is 0 Å². The van der Waals surface area contributed by atoms with E-state index in [4.69, 9.17) is 20.0 Å². The van der Waals surface area contributed by atoms with Crippen molar-refractivity contribution in [3.63, 3.8) is 0 Å². The third-order valence-electron chi connectivity index (χ3n) is 12.6. The summed E-state index contributed by atoms with van der Waals surface area (Å²) < 4.78 is 2.34. The van der Waals surface area contributed by atoms with E-state index < -0.39 is 0 Å². The summed E-state index contributed by atoms with van der Waals surface area (Å²) in [5, 5.41) is 2.36. The van der Waals surface area contributed by atoms with Gasteiger partial charge in [0, 0.05) is 55.3 Å². The van der Waals surface area contributed by atoms with E-state index >= 15 is 0 Å². The van der Waals surface area contributed by atoms with E-state index in [0.29, 0.717) is 24.0 Å². The Labute approximate surface area is 392 Å². The first-order valence-corrected chi connectivity index (χ1v) is 23.0. The van der Waals surface area contributed by atoms with Gasteiger partial charge in [0.05, 0.1) is 29.0 Å². The highest BCUT2D eigenvalue weighted by Crippen LogP contribution is 2.51. The van der Waals surface area contributed by atoms with Crippen LogP contribution in [0.25, 0.3) is 72.5 Å². The van der Waals surface area contributed by atoms with Gasteiger partial charge in [0.1, 0.15) is 0 Å². The molecular formula is C61H50N6. The molecule has 0 amide bonds. The molecule has 67 heavy (non-hydrogen) atoms. The summed E-state index contributed by atoms with van der Waals surface area (Å²) in [5.41, 5.74) is 15.7. The van der Waals surface area contributed by atoms with Crippen molar-refractivity contribution in [1.29, 1.82) is 0 Å². The molecule has 8 aromatic carbocycles. The molecule has 0 aliphatic heterocycles. The highest BCUT2D eigenvalue weighted by atomic mass is 15.0. The van der Waals surface area contributed by atoms with Crippen LogP contribution in [0.3, 0.4) is 0 Å². The number of hydrogen-bond donors (Lipinski definition) is 0. The van der Waals surface area contributed by atoms with Crippen molar-refractivity contribution >= 4 is 40.2 Å². The molecule has 2 aromatic heterocycles. The molecular weight excluding hydrogens is 817 g/mol. The topological polar surface area (TPSA) is 67.8 Å². The first-order valence-electron chi connectivity index (χ1n) is 23.0. The minimum absolute atomic E-state index is 0.300. The van der Waals surface area contributed by atoms with Gasteiger partial charge in [-0.25, -0.2) is 20.0 Å². The van der Waals surface area contributed by atoms with Crippen molar-refractivity contribution in [3.8, 4) is 50.7 Å². The first kappa shape index (κ1) is 42.6. The molecule has 324 valence electrons. The number of aromatic nitrogens is 3. The van der Waals surface area contributed by atoms with Crippen LogP contribution in [-0.2, 0) is 12.0 Å². The molecule has 0 spiro atoms. The Kier molecular flexibility index (Phi) is 11.6. The molecule has 6 nitrogen and oxygen atoms in total. The van der Waals surface area contributed by atoms with E-state index in [1.54, 1.807) is 0 Å². The molecule has 0 fully saturated rings. The molecule has 11 rings (SSSR count). The molecule has 2 heterocycles. The highest BCUT2D eigenvalue weighted by Gasteiger charge is 2.40. The van der Waals surface area contributed by atoms with Gasteiger partial charge < -0.3 is 4.57 Å². The third kappa shape index (κ3) is 7.97. The van der Waals surface area contributed by atoms with Crippen LogP contribution in [0, 0.1) is 0 Å². The third-order valence-corrected chi connectivity index (χ3v) is 12.6. The van der Waals surface area contributed by atoms with Gasteiger partial charge in [-0.2, -0.15) is 0 Å². The number of fused-ring (bicyclic) bond motifs is 6. The Hall–Kier alpha value is -8.35. The molecule has 10 aromatic rings. The van der Waals surface area contributed by atoms with Gasteiger partial charge in [-0.15, -0.1) is 0 Å². The standard InChI is InChI=1S/C59H44N6.C2H6/c1-59(2)50-25-15-13-24-48(50)55-53(59)54(62-58(63-55)45-35-36-52-49(37-45)47-23-14-16-26-51(47)65(52)46-21-11-6-12-22-46)42-31-27-40(28-32-42)41-29-33-44(34-30-41)57(61-38-39-17-7-4-8-18-39)64-56(60-3)43-19-9-5-10-20-43;1-2/h4-37H,3,38H2,1-2H3;1-2H3. The number of aliphatic imine (C=N–C) groups is 3. The van der Waals surface area contributed by atoms with Gasteiger partial charge >= 0.3 is 0 Å². The predicted octanol–water partition coefficient (Wildman–Crippen LogP) is 15.0. The Morgan fingerprint density at radius 3 is 1.79 bits per heavy atom. The number of para-hydroxylation sites is 2. The summed E-state index contributed by atoms with van der Waals surface area (Å²) in [5.74, 6) is 1.83. The van der Waals surface area contributed by atoms with Gasteiger partial charge in [-0.1, -0.05) is 198 Å². The summed E-state index contributed by atoms with van der Waals surface area (Å²) >= 11 is 0. The fourth-order valence-corrected chi connectivity index (χ4v) is 9.37. The van der Waals surface area contributed by atoms with Gasteiger partial charge in [-0.05, 0) is 65.4 Å². The molecule has 1 aliphatic rings. The lowest BCUT2D eigenvalue weighted by Gasteiger charge is -2.24. The molecule has 1 aliphatic carbocycles. The number of amidine groups is 2. The fraction of sp³-hybridized carbons (Fsp3) is 0.0984. The van der Waals surface area contributed by atoms with Crippen molar-refractivity contribution in [2.45, 2.75) is 39.7 Å². The monoisotopic (exact) mass is 866 g/mol. The Morgan fingerprint density at radius 1 is 0.522 bits per heavy atom. The average Bonchev–Trinajstić information content (AvgIpc) is 3.85. The van der Waals surface area contributed by atoms with Crippen LogP contribution in [0.4, 0.5) is 0 Å². The number of rotatable bonds is 8. The van der Waals surface area contributed by atoms with Gasteiger partial charge in [0.25, 0.3) is 0 Å². The molecule has 0 bridgehead atoms. The smallest absolute Gasteiger partial charge is 0.161 e. The van der Waals surface area contributed by atoms with E-state index in [1.807, 2.05) is 62.4 Å². The second-order valence-corrected chi connectivity index (χ2v) is 16.9. The molecule has 6 heteroatoms. The molecule has 0 saturated heterocycles. The van der Waals surface area contributed by atoms with Crippen molar-refractivity contribution in [2.24, 2.45) is 15.0 Å². The minimum Gasteiger partial charge on any atom is -0.309 e. The van der Waals surface area contributed by atoms with Crippen LogP contribution in [0.2, 0.25) is 0 Å². The summed E-state index contributed by atoms with van der Waals surface area (Å²) in [6.07, 6.45) is 0. The Bertz CT molecular complexity index is 3460. The number of benzene rings is 8. The maximum atomic E-state index is 5.48. The molecule has 0 saturated carbocycles. The summed E-state index contributed by atoms with van der Waals surface area (Å²) in [7, 11) is 0. The van der Waals surface area contributed by atoms with Crippen LogP contribution in [0.1, 0.15) is 55.5 Å². The van der Waals surface area contributed by atoms with Crippen LogP contribution in [0.5, 0.6) is 0 Å². The van der Waals surface area contributed by atoms with Crippen LogP contribution >= 0.6 is 0 Å². The van der Waals surface area contributed by atoms with Crippen molar-refractivity contribution in [1.82, 2.24) is 14.5 Å². The zero-order chi connectivity index (χ0) is 45.9. The van der Waals surface area contributed by atoms with E-state index in [9.17, 15) is 0 Å². The Morgan fingerprint density at radius 2 is 1.07 bits per heavy atom. The fourth-order valence-electron chi connectivity index (χ4n) is 9.37. The van der Waals surface area contributed by atoms with Crippen LogP contribution < -0.4 is 0 Å². The van der Waals surface area contributed by atoms with Crippen molar-refractivity contribution < 1.29 is 0 Å². The van der Waals surface area contributed by atoms with Gasteiger partial charge in [-0.3, -0.25) is 4.99 Å². The second-order valence-electron chi connectivity index (χ2n) is 16.9. The maximum absolute atomic E-state index is 5.48. The zero-order valence-corrected chi connectivity index (χ0v) is 38.2. The lowest BCUT2D eigenvalue weighted by atomic mass is 9.80. The van der Waals surface area contributed by atoms with E-state index in [1.165, 1.54) is 21.9 Å². The minimum atomic E-state index is -0.300. The summed E-state index contributed by atoms with van der Waals surface area (Å²) in [6.45, 7) is 12.9. The van der Waals surface area contributed by atoms with Crippen molar-refractivity contribution in [2.75, 3.05) is 0 Å². The quantitative estimate of drug-likeness (QED) is 0.113. The van der Waals surface area contributed by atoms with E-state index in [2.05, 4.69) is 188 Å². The van der Waals surface area contributed by atoms with Crippen molar-refractivity contribution in [3.05, 3.63) is 234 Å². The zero-order valence-electron chi connectivity index (χ0n) is 38.2. The lowest BCUT2D eigenvalue weighted by Crippen LogP contribution is -2.17. The van der Waals surface area contributed by atoms with Crippen LogP contribution in [0.15, 0.2) is 221 Å². The first-order chi connectivity index (χ1) is 32.9. The molecule has 0 atom stereocenters. The molecule has 0 radical (unpaired) electrons. The normalized spacial score (nSPS) is 12.9. The summed E-state index contributed by atoms with van der Waals surface area (Å²) in [4.78, 5) is 25.1. The molecule has 0 unspecified atom stereocenters. The second kappa shape index (κ2) is 18.3. The highest BCUT2D eigenvalue weighted by molar-refractivity contribution is 6.13. The maximum Gasteiger partial charge on any atom is 0.161 e. The van der Waals surface area contributed by atoms with E-state index in [-0.39, 0.29) is 5.41 Å². The SMILES string of the molecule is C=NC(=NC(=NCc1ccccc1)c1ccc(-c2ccc(-c3nc(-c4ccc5c(c4)c4ccccc4n5-c4ccccc4)nc4c3C(C)(C)c3ccccc3-4)cc2)cc1)c1ccccc1.CC. The lowest BCUT2D eigenvalue weighted by molar-refractivity contribution is 0.658. The van der Waals surface area contributed by atoms with Crippen LogP contribution in [-0.4, -0.2) is 32.9 Å². The van der Waals surface area contributed by atoms with Gasteiger partial charge in [0.15, 0.2) is 17.5 Å².